The van der Waals surface area contributed by atoms with E-state index in [9.17, 15) is 9.59 Å². The van der Waals surface area contributed by atoms with E-state index in [0.29, 0.717) is 17.1 Å². The number of hydrogen-bond acceptors (Lipinski definition) is 3. The molecule has 0 saturated carbocycles. The number of amides is 1. The Balaban J connectivity index is 1.91. The van der Waals surface area contributed by atoms with Crippen LogP contribution in [0.2, 0.25) is 5.02 Å². The molecule has 1 amide bonds. The topological polar surface area (TPSA) is 92.4 Å². The van der Waals surface area contributed by atoms with Crippen molar-refractivity contribution >= 4 is 23.5 Å². The van der Waals surface area contributed by atoms with Crippen molar-refractivity contribution < 1.29 is 14.7 Å². The molecule has 0 heterocycles. The van der Waals surface area contributed by atoms with Crippen LogP contribution in [0.3, 0.4) is 0 Å². The van der Waals surface area contributed by atoms with Crippen molar-refractivity contribution in [3.05, 3.63) is 70.2 Å². The highest BCUT2D eigenvalue weighted by atomic mass is 35.5. The van der Waals surface area contributed by atoms with E-state index in [0.717, 1.165) is 11.1 Å². The summed E-state index contributed by atoms with van der Waals surface area (Å²) in [6.07, 6.45) is 0.268. The minimum Gasteiger partial charge on any atom is -0.480 e. The van der Waals surface area contributed by atoms with Crippen LogP contribution in [0.15, 0.2) is 48.5 Å². The summed E-state index contributed by atoms with van der Waals surface area (Å²) in [6.45, 7) is 0.372. The molecule has 0 aliphatic heterocycles. The SMILES string of the molecule is N[C@@H](Cc1ccc(CNC(=O)c2cccc(Cl)c2)cc1)C(=O)O. The van der Waals surface area contributed by atoms with Crippen LogP contribution in [0.5, 0.6) is 0 Å². The van der Waals surface area contributed by atoms with Crippen LogP contribution in [-0.4, -0.2) is 23.0 Å². The lowest BCUT2D eigenvalue weighted by Crippen LogP contribution is -2.32. The Hall–Kier alpha value is -2.37. The summed E-state index contributed by atoms with van der Waals surface area (Å²) < 4.78 is 0. The molecule has 0 bridgehead atoms. The molecular formula is C17H17ClN2O3. The third kappa shape index (κ3) is 5.09. The average molecular weight is 333 g/mol. The summed E-state index contributed by atoms with van der Waals surface area (Å²) in [5.74, 6) is -1.23. The molecule has 4 N–H and O–H groups in total. The summed E-state index contributed by atoms with van der Waals surface area (Å²) in [5, 5.41) is 12.1. The van der Waals surface area contributed by atoms with E-state index in [1.807, 2.05) is 24.3 Å². The smallest absolute Gasteiger partial charge is 0.320 e. The fourth-order valence-corrected chi connectivity index (χ4v) is 2.24. The Kier molecular flexibility index (Phi) is 5.73. The first kappa shape index (κ1) is 17.0. The summed E-state index contributed by atoms with van der Waals surface area (Å²) in [5.41, 5.74) is 7.74. The molecule has 0 spiro atoms. The zero-order chi connectivity index (χ0) is 16.8. The van der Waals surface area contributed by atoms with Gasteiger partial charge in [0.15, 0.2) is 0 Å². The number of rotatable bonds is 6. The Morgan fingerprint density at radius 1 is 1.13 bits per heavy atom. The number of benzene rings is 2. The second-order valence-corrected chi connectivity index (χ2v) is 5.59. The first-order chi connectivity index (χ1) is 11.0. The van der Waals surface area contributed by atoms with E-state index in [1.165, 1.54) is 0 Å². The van der Waals surface area contributed by atoms with Crippen molar-refractivity contribution in [2.45, 2.75) is 19.0 Å². The fraction of sp³-hybridized carbons (Fsp3) is 0.176. The van der Waals surface area contributed by atoms with Gasteiger partial charge in [-0.1, -0.05) is 41.9 Å². The average Bonchev–Trinajstić information content (AvgIpc) is 2.53. The van der Waals surface area contributed by atoms with Gasteiger partial charge in [-0.25, -0.2) is 0 Å². The van der Waals surface area contributed by atoms with Gasteiger partial charge in [0.05, 0.1) is 0 Å². The Morgan fingerprint density at radius 3 is 2.39 bits per heavy atom. The third-order valence-electron chi connectivity index (χ3n) is 3.34. The number of hydrogen-bond donors (Lipinski definition) is 3. The number of carboxylic acids is 1. The largest absolute Gasteiger partial charge is 0.480 e. The highest BCUT2D eigenvalue weighted by Gasteiger charge is 2.12. The van der Waals surface area contributed by atoms with Gasteiger partial charge in [-0.3, -0.25) is 9.59 Å². The number of carbonyl (C=O) groups is 2. The number of aliphatic carboxylic acids is 1. The van der Waals surface area contributed by atoms with Gasteiger partial charge in [-0.2, -0.15) is 0 Å². The zero-order valence-electron chi connectivity index (χ0n) is 12.3. The maximum Gasteiger partial charge on any atom is 0.320 e. The normalized spacial score (nSPS) is 11.7. The molecular weight excluding hydrogens is 316 g/mol. The minimum atomic E-state index is -1.03. The monoisotopic (exact) mass is 332 g/mol. The molecule has 0 unspecified atom stereocenters. The molecule has 6 heteroatoms. The molecule has 0 radical (unpaired) electrons. The number of carboxylic acid groups (broad SMARTS) is 1. The number of halogens is 1. The zero-order valence-corrected chi connectivity index (χ0v) is 13.1. The van der Waals surface area contributed by atoms with Crippen LogP contribution >= 0.6 is 11.6 Å². The van der Waals surface area contributed by atoms with E-state index in [-0.39, 0.29) is 12.3 Å². The van der Waals surface area contributed by atoms with Gasteiger partial charge in [-0.15, -0.1) is 0 Å². The highest BCUT2D eigenvalue weighted by Crippen LogP contribution is 2.11. The quantitative estimate of drug-likeness (QED) is 0.756. The molecule has 23 heavy (non-hydrogen) atoms. The van der Waals surface area contributed by atoms with Crippen LogP contribution in [-0.2, 0) is 17.8 Å². The van der Waals surface area contributed by atoms with Gasteiger partial charge in [0.1, 0.15) is 6.04 Å². The second kappa shape index (κ2) is 7.76. The van der Waals surface area contributed by atoms with Crippen molar-refractivity contribution in [2.24, 2.45) is 5.73 Å². The lowest BCUT2D eigenvalue weighted by Gasteiger charge is -2.09. The first-order valence-corrected chi connectivity index (χ1v) is 7.43. The maximum atomic E-state index is 12.0. The van der Waals surface area contributed by atoms with E-state index in [1.54, 1.807) is 24.3 Å². The van der Waals surface area contributed by atoms with Crippen molar-refractivity contribution in [3.8, 4) is 0 Å². The standard InChI is InChI=1S/C17H17ClN2O3/c18-14-3-1-2-13(9-14)16(21)20-10-12-6-4-11(5-7-12)8-15(19)17(22)23/h1-7,9,15H,8,10,19H2,(H,20,21)(H,22,23)/t15-/m0/s1. The van der Waals surface area contributed by atoms with Gasteiger partial charge in [0, 0.05) is 17.1 Å². The maximum absolute atomic E-state index is 12.0. The molecule has 0 saturated heterocycles. The van der Waals surface area contributed by atoms with Crippen LogP contribution in [0.1, 0.15) is 21.5 Å². The predicted molar refractivity (Wildman–Crippen MR) is 88.4 cm³/mol. The van der Waals surface area contributed by atoms with Crippen LogP contribution < -0.4 is 11.1 Å². The molecule has 0 fully saturated rings. The Labute approximate surface area is 139 Å². The lowest BCUT2D eigenvalue weighted by molar-refractivity contribution is -0.138. The number of nitrogens with two attached hydrogens (primary N) is 1. The van der Waals surface area contributed by atoms with Gasteiger partial charge >= 0.3 is 5.97 Å². The lowest BCUT2D eigenvalue weighted by atomic mass is 10.0. The molecule has 0 aliphatic rings. The Morgan fingerprint density at radius 2 is 1.78 bits per heavy atom. The van der Waals surface area contributed by atoms with E-state index in [4.69, 9.17) is 22.4 Å². The van der Waals surface area contributed by atoms with Gasteiger partial charge in [0.2, 0.25) is 0 Å². The molecule has 0 aliphatic carbocycles. The van der Waals surface area contributed by atoms with Crippen molar-refractivity contribution in [2.75, 3.05) is 0 Å². The van der Waals surface area contributed by atoms with Crippen LogP contribution in [0.4, 0.5) is 0 Å². The van der Waals surface area contributed by atoms with Gasteiger partial charge in [-0.05, 0) is 35.7 Å². The molecule has 120 valence electrons. The van der Waals surface area contributed by atoms with E-state index in [2.05, 4.69) is 5.32 Å². The summed E-state index contributed by atoms with van der Waals surface area (Å²) >= 11 is 5.86. The highest BCUT2D eigenvalue weighted by molar-refractivity contribution is 6.30. The minimum absolute atomic E-state index is 0.204. The fourth-order valence-electron chi connectivity index (χ4n) is 2.05. The molecule has 2 aromatic rings. The first-order valence-electron chi connectivity index (χ1n) is 7.05. The number of carbonyl (C=O) groups excluding carboxylic acids is 1. The summed E-state index contributed by atoms with van der Waals surface area (Å²) in [6, 6.07) is 13.1. The third-order valence-corrected chi connectivity index (χ3v) is 3.57. The molecule has 2 aromatic carbocycles. The summed E-state index contributed by atoms with van der Waals surface area (Å²) in [7, 11) is 0. The van der Waals surface area contributed by atoms with Gasteiger partial charge in [0.25, 0.3) is 5.91 Å². The predicted octanol–water partition coefficient (Wildman–Crippen LogP) is 2.22. The van der Waals surface area contributed by atoms with Crippen molar-refractivity contribution in [1.82, 2.24) is 5.32 Å². The van der Waals surface area contributed by atoms with E-state index >= 15 is 0 Å². The van der Waals surface area contributed by atoms with Crippen LogP contribution in [0, 0.1) is 0 Å². The second-order valence-electron chi connectivity index (χ2n) is 5.16. The molecule has 1 atom stereocenters. The summed E-state index contributed by atoms with van der Waals surface area (Å²) in [4.78, 5) is 22.7. The molecule has 5 nitrogen and oxygen atoms in total. The Bertz CT molecular complexity index is 701. The van der Waals surface area contributed by atoms with Crippen LogP contribution in [0.25, 0.3) is 0 Å². The number of nitrogens with one attached hydrogen (secondary N) is 1. The van der Waals surface area contributed by atoms with Crippen molar-refractivity contribution in [3.63, 3.8) is 0 Å². The molecule has 2 rings (SSSR count). The van der Waals surface area contributed by atoms with E-state index < -0.39 is 12.0 Å². The van der Waals surface area contributed by atoms with Gasteiger partial charge < -0.3 is 16.2 Å². The van der Waals surface area contributed by atoms with Crippen molar-refractivity contribution in [1.29, 1.82) is 0 Å². The molecule has 0 aromatic heterocycles.